The first-order valence-corrected chi connectivity index (χ1v) is 5.76. The molecule has 0 aliphatic carbocycles. The molecule has 1 rings (SSSR count). The molecule has 1 unspecified atom stereocenters. The minimum Gasteiger partial charge on any atom is -0.314 e. The van der Waals surface area contributed by atoms with E-state index >= 15 is 0 Å². The van der Waals surface area contributed by atoms with Gasteiger partial charge in [-0.15, -0.1) is 0 Å². The van der Waals surface area contributed by atoms with Gasteiger partial charge in [0.2, 0.25) is 0 Å². The number of hydrogen-bond acceptors (Lipinski definition) is 3. The molecule has 0 saturated carbocycles. The molecule has 1 aliphatic heterocycles. The zero-order chi connectivity index (χ0) is 10.1. The van der Waals surface area contributed by atoms with E-state index in [0.717, 1.165) is 13.1 Å². The summed E-state index contributed by atoms with van der Waals surface area (Å²) in [5, 5.41) is 3.15. The quantitative estimate of drug-likeness (QED) is 0.637. The molecule has 0 spiro atoms. The van der Waals surface area contributed by atoms with Crippen LogP contribution in [0.1, 0.15) is 6.92 Å². The number of nitrogens with one attached hydrogen (secondary N) is 1. The number of hydrogen-bond donors (Lipinski definition) is 1. The molecule has 0 aromatic heterocycles. The van der Waals surface area contributed by atoms with Crippen LogP contribution >= 0.6 is 0 Å². The Morgan fingerprint density at radius 3 is 2.54 bits per heavy atom. The first-order chi connectivity index (χ1) is 5.96. The van der Waals surface area contributed by atoms with Crippen molar-refractivity contribution in [2.24, 2.45) is 0 Å². The molecule has 0 aromatic rings. The van der Waals surface area contributed by atoms with E-state index in [-0.39, 0.29) is 6.04 Å². The molecule has 1 aliphatic rings. The third kappa shape index (κ3) is 2.19. The van der Waals surface area contributed by atoms with Crippen molar-refractivity contribution in [1.29, 1.82) is 0 Å². The van der Waals surface area contributed by atoms with Gasteiger partial charge in [-0.2, -0.15) is 17.0 Å². The van der Waals surface area contributed by atoms with E-state index in [0.29, 0.717) is 6.54 Å². The maximum Gasteiger partial charge on any atom is 0.281 e. The minimum absolute atomic E-state index is 0.0427. The predicted molar refractivity (Wildman–Crippen MR) is 51.6 cm³/mol. The summed E-state index contributed by atoms with van der Waals surface area (Å²) < 4.78 is 26.2. The second-order valence-corrected chi connectivity index (χ2v) is 5.55. The minimum atomic E-state index is -3.22. The highest BCUT2D eigenvalue weighted by Crippen LogP contribution is 2.10. The smallest absolute Gasteiger partial charge is 0.281 e. The summed E-state index contributed by atoms with van der Waals surface area (Å²) in [6.07, 6.45) is 0. The van der Waals surface area contributed by atoms with Gasteiger partial charge in [0.05, 0.1) is 0 Å². The Morgan fingerprint density at radius 1 is 1.46 bits per heavy atom. The number of piperazine rings is 1. The SMILES string of the molecule is CC1CNCCN1S(=O)(=O)N(C)C. The summed E-state index contributed by atoms with van der Waals surface area (Å²) in [4.78, 5) is 0. The van der Waals surface area contributed by atoms with Crippen molar-refractivity contribution in [3.05, 3.63) is 0 Å². The van der Waals surface area contributed by atoms with Gasteiger partial charge in [-0.3, -0.25) is 0 Å². The summed E-state index contributed by atoms with van der Waals surface area (Å²) in [6, 6.07) is 0.0427. The molecule has 1 atom stereocenters. The highest BCUT2D eigenvalue weighted by atomic mass is 32.2. The molecule has 1 fully saturated rings. The van der Waals surface area contributed by atoms with E-state index in [9.17, 15) is 8.42 Å². The van der Waals surface area contributed by atoms with Crippen LogP contribution in [0.2, 0.25) is 0 Å². The van der Waals surface area contributed by atoms with Crippen molar-refractivity contribution < 1.29 is 8.42 Å². The van der Waals surface area contributed by atoms with Crippen molar-refractivity contribution in [1.82, 2.24) is 13.9 Å². The Bertz CT molecular complexity index is 263. The van der Waals surface area contributed by atoms with E-state index in [1.807, 2.05) is 6.92 Å². The summed E-state index contributed by atoms with van der Waals surface area (Å²) in [7, 11) is -0.103. The Kier molecular flexibility index (Phi) is 3.28. The molecule has 0 aromatic carbocycles. The Morgan fingerprint density at radius 2 is 2.08 bits per heavy atom. The fourth-order valence-corrected chi connectivity index (χ4v) is 2.65. The number of rotatable bonds is 2. The van der Waals surface area contributed by atoms with E-state index < -0.39 is 10.2 Å². The third-order valence-corrected chi connectivity index (χ3v) is 4.26. The summed E-state index contributed by atoms with van der Waals surface area (Å²) in [6.45, 7) is 3.93. The molecule has 0 radical (unpaired) electrons. The summed E-state index contributed by atoms with van der Waals surface area (Å²) >= 11 is 0. The Balaban J connectivity index is 2.80. The molecular weight excluding hydrogens is 190 g/mol. The monoisotopic (exact) mass is 207 g/mol. The lowest BCUT2D eigenvalue weighted by Crippen LogP contribution is -2.54. The van der Waals surface area contributed by atoms with E-state index in [1.165, 1.54) is 8.61 Å². The third-order valence-electron chi connectivity index (χ3n) is 2.20. The summed E-state index contributed by atoms with van der Waals surface area (Å²) in [5.41, 5.74) is 0. The van der Waals surface area contributed by atoms with Gasteiger partial charge in [0.25, 0.3) is 10.2 Å². The maximum atomic E-state index is 11.7. The lowest BCUT2D eigenvalue weighted by molar-refractivity contribution is 0.268. The fraction of sp³-hybridized carbons (Fsp3) is 1.00. The molecule has 0 bridgehead atoms. The van der Waals surface area contributed by atoms with Gasteiger partial charge in [-0.05, 0) is 6.92 Å². The largest absolute Gasteiger partial charge is 0.314 e. The summed E-state index contributed by atoms with van der Waals surface area (Å²) in [5.74, 6) is 0. The fourth-order valence-electron chi connectivity index (χ4n) is 1.37. The first-order valence-electron chi connectivity index (χ1n) is 4.36. The predicted octanol–water partition coefficient (Wildman–Crippen LogP) is -0.913. The average molecular weight is 207 g/mol. The standard InChI is InChI=1S/C7H17N3O2S/c1-7-6-8-4-5-10(7)13(11,12)9(2)3/h7-8H,4-6H2,1-3H3. The lowest BCUT2D eigenvalue weighted by atomic mass is 10.3. The molecule has 1 heterocycles. The zero-order valence-electron chi connectivity index (χ0n) is 8.32. The van der Waals surface area contributed by atoms with Crippen LogP contribution < -0.4 is 5.32 Å². The van der Waals surface area contributed by atoms with Crippen molar-refractivity contribution >= 4 is 10.2 Å². The topological polar surface area (TPSA) is 52.7 Å². The van der Waals surface area contributed by atoms with Crippen molar-refractivity contribution in [2.45, 2.75) is 13.0 Å². The Labute approximate surface area is 79.9 Å². The van der Waals surface area contributed by atoms with Gasteiger partial charge in [0, 0.05) is 39.8 Å². The van der Waals surface area contributed by atoms with Crippen LogP contribution in [0.5, 0.6) is 0 Å². The van der Waals surface area contributed by atoms with Crippen LogP contribution in [0, 0.1) is 0 Å². The van der Waals surface area contributed by atoms with Crippen molar-refractivity contribution in [3.63, 3.8) is 0 Å². The van der Waals surface area contributed by atoms with Crippen LogP contribution in [-0.2, 0) is 10.2 Å². The van der Waals surface area contributed by atoms with Crippen LogP contribution in [0.25, 0.3) is 0 Å². The Hall–Kier alpha value is -0.170. The molecule has 6 heteroatoms. The second-order valence-electron chi connectivity index (χ2n) is 3.45. The first kappa shape index (κ1) is 10.9. The van der Waals surface area contributed by atoms with Crippen molar-refractivity contribution in [2.75, 3.05) is 33.7 Å². The van der Waals surface area contributed by atoms with Gasteiger partial charge in [-0.1, -0.05) is 0 Å². The van der Waals surface area contributed by atoms with E-state index in [1.54, 1.807) is 14.1 Å². The second kappa shape index (κ2) is 3.91. The highest BCUT2D eigenvalue weighted by molar-refractivity contribution is 7.86. The van der Waals surface area contributed by atoms with Gasteiger partial charge in [0.1, 0.15) is 0 Å². The molecule has 5 nitrogen and oxygen atoms in total. The average Bonchev–Trinajstić information content (AvgIpc) is 2.04. The lowest BCUT2D eigenvalue weighted by Gasteiger charge is -2.34. The van der Waals surface area contributed by atoms with Crippen LogP contribution in [0.4, 0.5) is 0 Å². The molecule has 1 N–H and O–H groups in total. The van der Waals surface area contributed by atoms with Gasteiger partial charge < -0.3 is 5.32 Å². The molecule has 78 valence electrons. The van der Waals surface area contributed by atoms with Crippen LogP contribution in [0.3, 0.4) is 0 Å². The molecular formula is C7H17N3O2S. The maximum absolute atomic E-state index is 11.7. The van der Waals surface area contributed by atoms with Crippen molar-refractivity contribution in [3.8, 4) is 0 Å². The molecule has 0 amide bonds. The van der Waals surface area contributed by atoms with Gasteiger partial charge in [0.15, 0.2) is 0 Å². The molecule has 13 heavy (non-hydrogen) atoms. The van der Waals surface area contributed by atoms with Crippen LogP contribution in [0.15, 0.2) is 0 Å². The van der Waals surface area contributed by atoms with E-state index in [4.69, 9.17) is 0 Å². The highest BCUT2D eigenvalue weighted by Gasteiger charge is 2.30. The molecule has 1 saturated heterocycles. The van der Waals surface area contributed by atoms with Crippen LogP contribution in [-0.4, -0.2) is 56.8 Å². The zero-order valence-corrected chi connectivity index (χ0v) is 9.13. The van der Waals surface area contributed by atoms with E-state index in [2.05, 4.69) is 5.32 Å². The number of nitrogens with zero attached hydrogens (tertiary/aromatic N) is 2. The normalized spacial score (nSPS) is 26.6. The van der Waals surface area contributed by atoms with Gasteiger partial charge in [-0.25, -0.2) is 0 Å². The van der Waals surface area contributed by atoms with Gasteiger partial charge >= 0.3 is 0 Å².